The highest BCUT2D eigenvalue weighted by molar-refractivity contribution is 5.23. The second-order valence-corrected chi connectivity index (χ2v) is 2.74. The minimum atomic E-state index is 0.794. The number of nitrogens with one attached hydrogen (secondary N) is 1. The Kier molecular flexibility index (Phi) is 4.32. The molecule has 0 aliphatic rings. The van der Waals surface area contributed by atoms with Crippen LogP contribution in [0.4, 0.5) is 5.95 Å². The molecule has 4 heteroatoms. The normalized spacial score (nSPS) is 10.3. The van der Waals surface area contributed by atoms with E-state index in [0.29, 0.717) is 0 Å². The summed E-state index contributed by atoms with van der Waals surface area (Å²) in [6.07, 6.45) is 4.79. The molecule has 0 aliphatic heterocycles. The van der Waals surface area contributed by atoms with Gasteiger partial charge in [0.2, 0.25) is 5.95 Å². The Morgan fingerprint density at radius 1 is 1.62 bits per heavy atom. The van der Waals surface area contributed by atoms with E-state index >= 15 is 0 Å². The highest BCUT2D eigenvalue weighted by Crippen LogP contribution is 2.03. The van der Waals surface area contributed by atoms with E-state index in [0.717, 1.165) is 32.1 Å². The Balaban J connectivity index is 2.27. The summed E-state index contributed by atoms with van der Waals surface area (Å²) >= 11 is 0. The van der Waals surface area contributed by atoms with Gasteiger partial charge < -0.3 is 14.6 Å². The Morgan fingerprint density at radius 2 is 2.46 bits per heavy atom. The van der Waals surface area contributed by atoms with Crippen molar-refractivity contribution >= 4 is 5.95 Å². The predicted octanol–water partition coefficient (Wildman–Crippen LogP) is 1.35. The predicted molar refractivity (Wildman–Crippen MR) is 52.9 cm³/mol. The van der Waals surface area contributed by atoms with E-state index in [2.05, 4.69) is 14.9 Å². The van der Waals surface area contributed by atoms with Crippen molar-refractivity contribution in [1.82, 2.24) is 9.55 Å². The van der Waals surface area contributed by atoms with Crippen LogP contribution in [-0.4, -0.2) is 29.8 Å². The van der Waals surface area contributed by atoms with E-state index in [1.807, 2.05) is 20.2 Å². The molecule has 0 fully saturated rings. The number of anilines is 1. The molecule has 74 valence electrons. The van der Waals surface area contributed by atoms with Gasteiger partial charge in [0.15, 0.2) is 0 Å². The maximum Gasteiger partial charge on any atom is 0.202 e. The lowest BCUT2D eigenvalue weighted by Gasteiger charge is -2.06. The summed E-state index contributed by atoms with van der Waals surface area (Å²) in [5.41, 5.74) is 0. The average molecular weight is 183 g/mol. The Hall–Kier alpha value is -1.03. The molecule has 0 saturated carbocycles. The van der Waals surface area contributed by atoms with Crippen molar-refractivity contribution in [2.45, 2.75) is 19.9 Å². The fourth-order valence-electron chi connectivity index (χ4n) is 1.20. The summed E-state index contributed by atoms with van der Waals surface area (Å²) in [7, 11) is 1.88. The highest BCUT2D eigenvalue weighted by Gasteiger charge is 1.98. The third-order valence-electron chi connectivity index (χ3n) is 1.83. The van der Waals surface area contributed by atoms with Crippen molar-refractivity contribution in [1.29, 1.82) is 0 Å². The summed E-state index contributed by atoms with van der Waals surface area (Å²) in [6, 6.07) is 0. The van der Waals surface area contributed by atoms with Crippen LogP contribution >= 0.6 is 0 Å². The second-order valence-electron chi connectivity index (χ2n) is 2.74. The standard InChI is InChI=1S/C9H17N3O/c1-3-13-8-4-6-12-7-5-11-9(12)10-2/h5,7H,3-4,6,8H2,1-2H3,(H,10,11). The van der Waals surface area contributed by atoms with Crippen LogP contribution < -0.4 is 5.32 Å². The van der Waals surface area contributed by atoms with Crippen LogP contribution in [0.25, 0.3) is 0 Å². The maximum atomic E-state index is 5.25. The lowest BCUT2D eigenvalue weighted by Crippen LogP contribution is -2.05. The van der Waals surface area contributed by atoms with E-state index in [1.165, 1.54) is 0 Å². The molecule has 0 atom stereocenters. The van der Waals surface area contributed by atoms with Crippen molar-refractivity contribution in [2.24, 2.45) is 0 Å². The zero-order valence-electron chi connectivity index (χ0n) is 8.29. The van der Waals surface area contributed by atoms with Crippen LogP contribution in [0.1, 0.15) is 13.3 Å². The van der Waals surface area contributed by atoms with Crippen LogP contribution in [0.5, 0.6) is 0 Å². The van der Waals surface area contributed by atoms with Gasteiger partial charge in [0, 0.05) is 39.2 Å². The molecule has 0 spiro atoms. The van der Waals surface area contributed by atoms with Gasteiger partial charge in [0.05, 0.1) is 0 Å². The molecule has 0 radical (unpaired) electrons. The SMILES string of the molecule is CCOCCCn1ccnc1NC. The number of imidazole rings is 1. The summed E-state index contributed by atoms with van der Waals surface area (Å²) < 4.78 is 7.33. The number of aromatic nitrogens is 2. The fourth-order valence-corrected chi connectivity index (χ4v) is 1.20. The van der Waals surface area contributed by atoms with E-state index in [1.54, 1.807) is 6.20 Å². The largest absolute Gasteiger partial charge is 0.382 e. The molecule has 1 N–H and O–H groups in total. The van der Waals surface area contributed by atoms with E-state index in [4.69, 9.17) is 4.74 Å². The molecule has 4 nitrogen and oxygen atoms in total. The molecule has 13 heavy (non-hydrogen) atoms. The highest BCUT2D eigenvalue weighted by atomic mass is 16.5. The number of rotatable bonds is 6. The van der Waals surface area contributed by atoms with Gasteiger partial charge in [-0.2, -0.15) is 0 Å². The monoisotopic (exact) mass is 183 g/mol. The van der Waals surface area contributed by atoms with Crippen LogP contribution in [-0.2, 0) is 11.3 Å². The molecule has 0 saturated heterocycles. The first-order chi connectivity index (χ1) is 6.38. The van der Waals surface area contributed by atoms with Crippen molar-refractivity contribution in [2.75, 3.05) is 25.6 Å². The quantitative estimate of drug-likeness (QED) is 0.677. The third kappa shape index (κ3) is 3.06. The number of hydrogen-bond acceptors (Lipinski definition) is 3. The molecular formula is C9H17N3O. The van der Waals surface area contributed by atoms with Gasteiger partial charge in [-0.1, -0.05) is 0 Å². The van der Waals surface area contributed by atoms with Crippen molar-refractivity contribution in [3.63, 3.8) is 0 Å². The van der Waals surface area contributed by atoms with Gasteiger partial charge in [-0.15, -0.1) is 0 Å². The van der Waals surface area contributed by atoms with Crippen molar-refractivity contribution in [3.8, 4) is 0 Å². The van der Waals surface area contributed by atoms with E-state index in [-0.39, 0.29) is 0 Å². The zero-order chi connectivity index (χ0) is 9.52. The maximum absolute atomic E-state index is 5.25. The number of aryl methyl sites for hydroxylation is 1. The zero-order valence-corrected chi connectivity index (χ0v) is 8.29. The Bertz CT molecular complexity index is 235. The van der Waals surface area contributed by atoms with Crippen LogP contribution in [0.3, 0.4) is 0 Å². The first-order valence-corrected chi connectivity index (χ1v) is 4.65. The second kappa shape index (κ2) is 5.59. The molecule has 1 heterocycles. The van der Waals surface area contributed by atoms with Gasteiger partial charge in [-0.3, -0.25) is 0 Å². The molecule has 1 aromatic heterocycles. The number of nitrogens with zero attached hydrogens (tertiary/aromatic N) is 2. The van der Waals surface area contributed by atoms with Gasteiger partial charge >= 0.3 is 0 Å². The van der Waals surface area contributed by atoms with Crippen LogP contribution in [0, 0.1) is 0 Å². The van der Waals surface area contributed by atoms with Gasteiger partial charge in [-0.25, -0.2) is 4.98 Å². The number of ether oxygens (including phenoxy) is 1. The average Bonchev–Trinajstić information content (AvgIpc) is 2.60. The van der Waals surface area contributed by atoms with Gasteiger partial charge in [0.25, 0.3) is 0 Å². The summed E-state index contributed by atoms with van der Waals surface area (Å²) in [6.45, 7) is 4.58. The van der Waals surface area contributed by atoms with Gasteiger partial charge in [-0.05, 0) is 13.3 Å². The molecule has 1 rings (SSSR count). The molecule has 0 bridgehead atoms. The molecular weight excluding hydrogens is 166 g/mol. The lowest BCUT2D eigenvalue weighted by atomic mass is 10.4. The minimum Gasteiger partial charge on any atom is -0.382 e. The van der Waals surface area contributed by atoms with Crippen molar-refractivity contribution in [3.05, 3.63) is 12.4 Å². The smallest absolute Gasteiger partial charge is 0.202 e. The molecule has 0 unspecified atom stereocenters. The van der Waals surface area contributed by atoms with Crippen LogP contribution in [0.2, 0.25) is 0 Å². The van der Waals surface area contributed by atoms with Crippen molar-refractivity contribution < 1.29 is 4.74 Å². The summed E-state index contributed by atoms with van der Waals surface area (Å²) in [5.74, 6) is 0.913. The van der Waals surface area contributed by atoms with Gasteiger partial charge in [0.1, 0.15) is 0 Å². The molecule has 0 aromatic carbocycles. The molecule has 0 aliphatic carbocycles. The molecule has 1 aromatic rings. The first kappa shape index (κ1) is 10.1. The Labute approximate surface area is 78.9 Å². The molecule has 0 amide bonds. The number of hydrogen-bond donors (Lipinski definition) is 1. The third-order valence-corrected chi connectivity index (χ3v) is 1.83. The topological polar surface area (TPSA) is 39.1 Å². The summed E-state index contributed by atoms with van der Waals surface area (Å²) in [5, 5.41) is 3.03. The van der Waals surface area contributed by atoms with Crippen LogP contribution in [0.15, 0.2) is 12.4 Å². The van der Waals surface area contributed by atoms with E-state index in [9.17, 15) is 0 Å². The summed E-state index contributed by atoms with van der Waals surface area (Å²) in [4.78, 5) is 4.14. The fraction of sp³-hybridized carbons (Fsp3) is 0.667. The van der Waals surface area contributed by atoms with E-state index < -0.39 is 0 Å². The first-order valence-electron chi connectivity index (χ1n) is 4.65. The minimum absolute atomic E-state index is 0.794. The lowest BCUT2D eigenvalue weighted by molar-refractivity contribution is 0.142. The Morgan fingerprint density at radius 3 is 3.15 bits per heavy atom.